The number of ether oxygens (including phenoxy) is 1. The molecule has 2 aromatic carbocycles. The Balaban J connectivity index is 2.07. The molecule has 0 fully saturated rings. The quantitative estimate of drug-likeness (QED) is 0.854. The summed E-state index contributed by atoms with van der Waals surface area (Å²) in [5.74, 6) is 0.904. The van der Waals surface area contributed by atoms with Gasteiger partial charge in [0.2, 0.25) is 0 Å². The third kappa shape index (κ3) is 4.55. The van der Waals surface area contributed by atoms with Crippen molar-refractivity contribution >= 4 is 15.9 Å². The number of rotatable bonds is 6. The zero-order valence-corrected chi connectivity index (χ0v) is 13.6. The maximum atomic E-state index is 13.3. The lowest BCUT2D eigenvalue weighted by molar-refractivity contribution is 0.414. The van der Waals surface area contributed by atoms with Crippen molar-refractivity contribution in [1.82, 2.24) is 0 Å². The molecule has 0 radical (unpaired) electrons. The van der Waals surface area contributed by atoms with Gasteiger partial charge in [-0.25, -0.2) is 4.39 Å². The first-order valence-corrected chi connectivity index (χ1v) is 7.68. The minimum Gasteiger partial charge on any atom is -0.497 e. The summed E-state index contributed by atoms with van der Waals surface area (Å²) in [6.45, 7) is 0.564. The van der Waals surface area contributed by atoms with E-state index < -0.39 is 0 Å². The average molecular weight is 352 g/mol. The molecule has 0 aliphatic rings. The molecular formula is C17H19BrFNO. The first-order chi connectivity index (χ1) is 10.1. The lowest BCUT2D eigenvalue weighted by Crippen LogP contribution is -2.19. The molecule has 0 aliphatic heterocycles. The Morgan fingerprint density at radius 1 is 1.14 bits per heavy atom. The van der Waals surface area contributed by atoms with Gasteiger partial charge in [0.15, 0.2) is 0 Å². The fourth-order valence-electron chi connectivity index (χ4n) is 2.34. The highest BCUT2D eigenvalue weighted by Gasteiger charge is 2.12. The van der Waals surface area contributed by atoms with Gasteiger partial charge in [-0.3, -0.25) is 0 Å². The van der Waals surface area contributed by atoms with Gasteiger partial charge in [0.25, 0.3) is 0 Å². The van der Waals surface area contributed by atoms with Crippen molar-refractivity contribution in [1.29, 1.82) is 0 Å². The van der Waals surface area contributed by atoms with Gasteiger partial charge in [0.05, 0.1) is 7.11 Å². The number of benzene rings is 2. The molecule has 2 N–H and O–H groups in total. The number of halogens is 2. The molecule has 2 rings (SSSR count). The second-order valence-corrected chi connectivity index (χ2v) is 5.95. The standard InChI is InChI=1S/C17H19BrFNO/c1-21-16-5-2-12(3-6-16)8-13(11-20)9-14-10-15(19)4-7-17(14)18/h2-7,10,13H,8-9,11,20H2,1H3. The Bertz CT molecular complexity index is 586. The van der Waals surface area contributed by atoms with Gasteiger partial charge in [-0.15, -0.1) is 0 Å². The van der Waals surface area contributed by atoms with Gasteiger partial charge < -0.3 is 10.5 Å². The van der Waals surface area contributed by atoms with Crippen molar-refractivity contribution in [2.75, 3.05) is 13.7 Å². The second kappa shape index (κ2) is 7.57. The number of hydrogen-bond acceptors (Lipinski definition) is 2. The number of methoxy groups -OCH3 is 1. The summed E-state index contributed by atoms with van der Waals surface area (Å²) in [6.07, 6.45) is 1.62. The van der Waals surface area contributed by atoms with Crippen LogP contribution in [0.25, 0.3) is 0 Å². The second-order valence-electron chi connectivity index (χ2n) is 5.09. The van der Waals surface area contributed by atoms with Gasteiger partial charge in [0, 0.05) is 4.47 Å². The Labute approximate surface area is 133 Å². The van der Waals surface area contributed by atoms with E-state index in [-0.39, 0.29) is 11.7 Å². The van der Waals surface area contributed by atoms with Crippen molar-refractivity contribution in [2.24, 2.45) is 11.7 Å². The summed E-state index contributed by atoms with van der Waals surface area (Å²) in [5, 5.41) is 0. The van der Waals surface area contributed by atoms with E-state index in [0.717, 1.165) is 28.6 Å². The van der Waals surface area contributed by atoms with Crippen molar-refractivity contribution in [3.05, 3.63) is 63.9 Å². The molecule has 112 valence electrons. The molecule has 0 aliphatic carbocycles. The summed E-state index contributed by atoms with van der Waals surface area (Å²) < 4.78 is 19.4. The maximum Gasteiger partial charge on any atom is 0.123 e. The molecule has 0 saturated carbocycles. The van der Waals surface area contributed by atoms with Crippen LogP contribution in [-0.4, -0.2) is 13.7 Å². The smallest absolute Gasteiger partial charge is 0.123 e. The summed E-state index contributed by atoms with van der Waals surface area (Å²) >= 11 is 3.47. The predicted molar refractivity (Wildman–Crippen MR) is 87.0 cm³/mol. The van der Waals surface area contributed by atoms with Gasteiger partial charge in [-0.2, -0.15) is 0 Å². The van der Waals surface area contributed by atoms with Crippen LogP contribution in [0.4, 0.5) is 4.39 Å². The molecule has 21 heavy (non-hydrogen) atoms. The number of hydrogen-bond donors (Lipinski definition) is 1. The third-order valence-corrected chi connectivity index (χ3v) is 4.31. The van der Waals surface area contributed by atoms with E-state index in [1.54, 1.807) is 19.2 Å². The van der Waals surface area contributed by atoms with Gasteiger partial charge in [-0.1, -0.05) is 28.1 Å². The zero-order chi connectivity index (χ0) is 15.2. The van der Waals surface area contributed by atoms with Crippen molar-refractivity contribution in [3.8, 4) is 5.75 Å². The molecule has 2 aromatic rings. The van der Waals surface area contributed by atoms with E-state index in [1.807, 2.05) is 24.3 Å². The molecule has 0 saturated heterocycles. The van der Waals surface area contributed by atoms with Crippen LogP contribution in [0, 0.1) is 11.7 Å². The third-order valence-electron chi connectivity index (χ3n) is 3.53. The summed E-state index contributed by atoms with van der Waals surface area (Å²) in [6, 6.07) is 12.7. The number of nitrogens with two attached hydrogens (primary N) is 1. The van der Waals surface area contributed by atoms with E-state index >= 15 is 0 Å². The first kappa shape index (κ1) is 16.0. The summed E-state index contributed by atoms with van der Waals surface area (Å²) in [4.78, 5) is 0. The van der Waals surface area contributed by atoms with E-state index in [4.69, 9.17) is 10.5 Å². The monoisotopic (exact) mass is 351 g/mol. The summed E-state index contributed by atoms with van der Waals surface area (Å²) in [5.41, 5.74) is 8.04. The largest absolute Gasteiger partial charge is 0.497 e. The van der Waals surface area contributed by atoms with Crippen LogP contribution < -0.4 is 10.5 Å². The van der Waals surface area contributed by atoms with Crippen LogP contribution in [0.15, 0.2) is 46.9 Å². The maximum absolute atomic E-state index is 13.3. The Kier molecular flexibility index (Phi) is 5.76. The fraction of sp³-hybridized carbons (Fsp3) is 0.294. The van der Waals surface area contributed by atoms with Crippen molar-refractivity contribution in [3.63, 3.8) is 0 Å². The highest BCUT2D eigenvalue weighted by molar-refractivity contribution is 9.10. The molecule has 0 bridgehead atoms. The average Bonchev–Trinajstić information content (AvgIpc) is 2.51. The topological polar surface area (TPSA) is 35.2 Å². The minimum absolute atomic E-state index is 0.214. The molecule has 0 aromatic heterocycles. The Hall–Kier alpha value is -1.39. The van der Waals surface area contributed by atoms with Crippen LogP contribution in [0.5, 0.6) is 5.75 Å². The molecule has 4 heteroatoms. The lowest BCUT2D eigenvalue weighted by Gasteiger charge is -2.16. The fourth-order valence-corrected chi connectivity index (χ4v) is 2.75. The first-order valence-electron chi connectivity index (χ1n) is 6.89. The van der Waals surface area contributed by atoms with Gasteiger partial charge in [0.1, 0.15) is 11.6 Å². The van der Waals surface area contributed by atoms with E-state index in [1.165, 1.54) is 11.6 Å². The predicted octanol–water partition coefficient (Wildman–Crippen LogP) is 3.96. The lowest BCUT2D eigenvalue weighted by atomic mass is 9.92. The van der Waals surface area contributed by atoms with Crippen LogP contribution >= 0.6 is 15.9 Å². The van der Waals surface area contributed by atoms with Crippen LogP contribution in [-0.2, 0) is 12.8 Å². The van der Waals surface area contributed by atoms with E-state index in [9.17, 15) is 4.39 Å². The molecular weight excluding hydrogens is 333 g/mol. The van der Waals surface area contributed by atoms with Gasteiger partial charge >= 0.3 is 0 Å². The molecule has 1 atom stereocenters. The highest BCUT2D eigenvalue weighted by Crippen LogP contribution is 2.23. The molecule has 0 heterocycles. The molecule has 0 amide bonds. The van der Waals surface area contributed by atoms with Crippen LogP contribution in [0.2, 0.25) is 0 Å². The van der Waals surface area contributed by atoms with E-state index in [0.29, 0.717) is 6.54 Å². The van der Waals surface area contributed by atoms with Crippen molar-refractivity contribution in [2.45, 2.75) is 12.8 Å². The normalized spacial score (nSPS) is 12.2. The van der Waals surface area contributed by atoms with E-state index in [2.05, 4.69) is 15.9 Å². The molecule has 1 unspecified atom stereocenters. The minimum atomic E-state index is -0.214. The van der Waals surface area contributed by atoms with Crippen LogP contribution in [0.3, 0.4) is 0 Å². The van der Waals surface area contributed by atoms with Crippen molar-refractivity contribution < 1.29 is 9.13 Å². The molecule has 0 spiro atoms. The van der Waals surface area contributed by atoms with Gasteiger partial charge in [-0.05, 0) is 66.8 Å². The Morgan fingerprint density at radius 2 is 1.86 bits per heavy atom. The SMILES string of the molecule is COc1ccc(CC(CN)Cc2cc(F)ccc2Br)cc1. The van der Waals surface area contributed by atoms with Crippen LogP contribution in [0.1, 0.15) is 11.1 Å². The molecule has 2 nitrogen and oxygen atoms in total. The summed E-state index contributed by atoms with van der Waals surface area (Å²) in [7, 11) is 1.65. The Morgan fingerprint density at radius 3 is 2.48 bits per heavy atom. The zero-order valence-electron chi connectivity index (χ0n) is 12.0. The highest BCUT2D eigenvalue weighted by atomic mass is 79.9.